The molecule has 1 saturated heterocycles. The van der Waals surface area contributed by atoms with E-state index in [1.165, 1.54) is 11.1 Å². The number of ketones is 1. The highest BCUT2D eigenvalue weighted by Crippen LogP contribution is 2.65. The van der Waals surface area contributed by atoms with Gasteiger partial charge >= 0.3 is 5.97 Å². The molecule has 6 heteroatoms. The van der Waals surface area contributed by atoms with Crippen molar-refractivity contribution in [2.75, 3.05) is 13.2 Å². The van der Waals surface area contributed by atoms with Gasteiger partial charge in [-0.15, -0.1) is 0 Å². The van der Waals surface area contributed by atoms with Gasteiger partial charge < -0.3 is 14.8 Å². The fraction of sp³-hybridized carbons (Fsp3) is 0.711. The van der Waals surface area contributed by atoms with Crippen LogP contribution in [0.5, 0.6) is 0 Å². The summed E-state index contributed by atoms with van der Waals surface area (Å²) in [5.41, 5.74) is 2.61. The SMILES string of the molecule is CC1(C)C[C@](CCNC(=O)CCC(=O)O[C@@H]2CC[C@@H]3[C@H]4CCC5=CC(=O)CC[C@]5(C)[C@H]4CC[C@@]32C)(c2ccccc2)CCO1. The summed E-state index contributed by atoms with van der Waals surface area (Å²) >= 11 is 0. The van der Waals surface area contributed by atoms with Gasteiger partial charge in [0.2, 0.25) is 5.91 Å². The minimum absolute atomic E-state index is 0.00436. The number of nitrogens with one attached hydrogen (secondary N) is 1. The van der Waals surface area contributed by atoms with Crippen molar-refractivity contribution in [1.29, 1.82) is 0 Å². The van der Waals surface area contributed by atoms with Gasteiger partial charge in [0.1, 0.15) is 6.10 Å². The molecular formula is C38H53NO5. The molecule has 5 aliphatic rings. The first-order valence-corrected chi connectivity index (χ1v) is 17.3. The van der Waals surface area contributed by atoms with Gasteiger partial charge in [0, 0.05) is 36.8 Å². The van der Waals surface area contributed by atoms with Gasteiger partial charge in [-0.1, -0.05) is 49.8 Å². The van der Waals surface area contributed by atoms with Crippen molar-refractivity contribution in [3.8, 4) is 0 Å². The Hall–Kier alpha value is -2.47. The lowest BCUT2D eigenvalue weighted by Gasteiger charge is -2.57. The standard InChI is InChI=1S/C38H53NO5/c1-35(2)25-38(21-23-43-35,26-8-6-5-7-9-26)20-22-39-33(41)14-15-34(42)44-32-13-12-30-29-11-10-27-24-28(40)16-18-36(27,3)31(29)17-19-37(30,32)4/h5-9,24,29-32H,10-23,25H2,1-4H3,(H,39,41)/t29-,30-,31+,32-,36+,37+,38-/m1/s1. The molecule has 240 valence electrons. The molecule has 3 saturated carbocycles. The Morgan fingerprint density at radius 3 is 2.50 bits per heavy atom. The topological polar surface area (TPSA) is 81.7 Å². The molecular weight excluding hydrogens is 550 g/mol. The summed E-state index contributed by atoms with van der Waals surface area (Å²) in [7, 11) is 0. The summed E-state index contributed by atoms with van der Waals surface area (Å²) in [5.74, 6) is 1.80. The molecule has 1 aromatic rings. The van der Waals surface area contributed by atoms with Crippen molar-refractivity contribution in [2.45, 2.75) is 128 Å². The lowest BCUT2D eigenvalue weighted by atomic mass is 9.47. The molecule has 7 atom stereocenters. The second-order valence-electron chi connectivity index (χ2n) is 15.9. The Labute approximate surface area is 264 Å². The molecule has 4 fully saturated rings. The Kier molecular flexibility index (Phi) is 8.62. The van der Waals surface area contributed by atoms with Gasteiger partial charge in [0.05, 0.1) is 12.0 Å². The lowest BCUT2D eigenvalue weighted by molar-refractivity contribution is -0.160. The molecule has 0 radical (unpaired) electrons. The molecule has 0 unspecified atom stereocenters. The third kappa shape index (κ3) is 5.92. The molecule has 6 nitrogen and oxygen atoms in total. The number of fused-ring (bicyclic) bond motifs is 5. The van der Waals surface area contributed by atoms with E-state index < -0.39 is 0 Å². The maximum atomic E-state index is 13.0. The fourth-order valence-corrected chi connectivity index (χ4v) is 10.5. The predicted octanol–water partition coefficient (Wildman–Crippen LogP) is 7.24. The van der Waals surface area contributed by atoms with E-state index in [2.05, 4.69) is 57.3 Å². The van der Waals surface area contributed by atoms with Crippen molar-refractivity contribution in [3.05, 3.63) is 47.5 Å². The normalized spacial score (nSPS) is 37.6. The average molecular weight is 604 g/mol. The molecule has 1 aliphatic heterocycles. The number of benzene rings is 1. The number of esters is 1. The van der Waals surface area contributed by atoms with Crippen LogP contribution in [0.3, 0.4) is 0 Å². The van der Waals surface area contributed by atoms with Crippen molar-refractivity contribution in [2.24, 2.45) is 28.6 Å². The van der Waals surface area contributed by atoms with Crippen LogP contribution in [0, 0.1) is 28.6 Å². The molecule has 1 aromatic carbocycles. The van der Waals surface area contributed by atoms with Crippen LogP contribution in [0.4, 0.5) is 0 Å². The summed E-state index contributed by atoms with van der Waals surface area (Å²) in [5, 5.41) is 3.10. The minimum Gasteiger partial charge on any atom is -0.462 e. The molecule has 44 heavy (non-hydrogen) atoms. The average Bonchev–Trinajstić information content (AvgIpc) is 3.32. The summed E-state index contributed by atoms with van der Waals surface area (Å²) < 4.78 is 12.2. The van der Waals surface area contributed by atoms with Crippen LogP contribution < -0.4 is 5.32 Å². The molecule has 0 spiro atoms. The van der Waals surface area contributed by atoms with Crippen LogP contribution in [0.2, 0.25) is 0 Å². The van der Waals surface area contributed by atoms with E-state index >= 15 is 0 Å². The van der Waals surface area contributed by atoms with Crippen molar-refractivity contribution < 1.29 is 23.9 Å². The number of ether oxygens (including phenoxy) is 2. The van der Waals surface area contributed by atoms with Crippen molar-refractivity contribution in [3.63, 3.8) is 0 Å². The van der Waals surface area contributed by atoms with Crippen LogP contribution in [0.25, 0.3) is 0 Å². The second-order valence-corrected chi connectivity index (χ2v) is 15.9. The second kappa shape index (κ2) is 12.0. The van der Waals surface area contributed by atoms with Crippen molar-refractivity contribution >= 4 is 17.7 Å². The number of carbonyl (C=O) groups is 3. The van der Waals surface area contributed by atoms with E-state index in [9.17, 15) is 14.4 Å². The van der Waals surface area contributed by atoms with Crippen LogP contribution in [0.15, 0.2) is 42.0 Å². The van der Waals surface area contributed by atoms with Gasteiger partial charge in [-0.3, -0.25) is 14.4 Å². The lowest BCUT2D eigenvalue weighted by Crippen LogP contribution is -2.51. The Balaban J connectivity index is 0.996. The van der Waals surface area contributed by atoms with Gasteiger partial charge in [-0.05, 0) is 113 Å². The first kappa shape index (κ1) is 31.5. The first-order chi connectivity index (χ1) is 20.9. The van der Waals surface area contributed by atoms with E-state index in [-0.39, 0.29) is 52.7 Å². The predicted molar refractivity (Wildman–Crippen MR) is 171 cm³/mol. The third-order valence-electron chi connectivity index (χ3n) is 12.9. The Bertz CT molecular complexity index is 1290. The summed E-state index contributed by atoms with van der Waals surface area (Å²) in [6, 6.07) is 10.6. The summed E-state index contributed by atoms with van der Waals surface area (Å²) in [6.07, 6.45) is 13.0. The van der Waals surface area contributed by atoms with Gasteiger partial charge in [0.25, 0.3) is 0 Å². The van der Waals surface area contributed by atoms with E-state index in [0.29, 0.717) is 43.1 Å². The fourth-order valence-electron chi connectivity index (χ4n) is 10.5. The van der Waals surface area contributed by atoms with E-state index in [1.54, 1.807) is 0 Å². The maximum absolute atomic E-state index is 13.0. The number of rotatable bonds is 8. The Morgan fingerprint density at radius 1 is 0.932 bits per heavy atom. The smallest absolute Gasteiger partial charge is 0.306 e. The zero-order chi connectivity index (χ0) is 31.2. The van der Waals surface area contributed by atoms with Gasteiger partial charge in [-0.25, -0.2) is 0 Å². The van der Waals surface area contributed by atoms with Gasteiger partial charge in [0.15, 0.2) is 5.78 Å². The van der Waals surface area contributed by atoms with Crippen LogP contribution in [0.1, 0.15) is 117 Å². The third-order valence-corrected chi connectivity index (χ3v) is 12.9. The molecule has 6 rings (SSSR count). The van der Waals surface area contributed by atoms with Crippen molar-refractivity contribution in [1.82, 2.24) is 5.32 Å². The number of carbonyl (C=O) groups excluding carboxylic acids is 3. The van der Waals surface area contributed by atoms with Crippen LogP contribution >= 0.6 is 0 Å². The molecule has 0 aromatic heterocycles. The Morgan fingerprint density at radius 2 is 1.73 bits per heavy atom. The van der Waals surface area contributed by atoms with E-state index in [0.717, 1.165) is 64.2 Å². The molecule has 4 aliphatic carbocycles. The maximum Gasteiger partial charge on any atom is 0.306 e. The monoisotopic (exact) mass is 603 g/mol. The number of hydrogen-bond donors (Lipinski definition) is 1. The van der Waals surface area contributed by atoms with E-state index in [1.807, 2.05) is 12.1 Å². The molecule has 1 amide bonds. The zero-order valence-corrected chi connectivity index (χ0v) is 27.4. The largest absolute Gasteiger partial charge is 0.462 e. The number of allylic oxidation sites excluding steroid dienone is 1. The number of hydrogen-bond acceptors (Lipinski definition) is 5. The van der Waals surface area contributed by atoms with Gasteiger partial charge in [-0.2, -0.15) is 0 Å². The minimum atomic E-state index is -0.243. The van der Waals surface area contributed by atoms with Crippen LogP contribution in [-0.4, -0.2) is 42.5 Å². The quantitative estimate of drug-likeness (QED) is 0.317. The first-order valence-electron chi connectivity index (χ1n) is 17.3. The van der Waals surface area contributed by atoms with E-state index in [4.69, 9.17) is 9.47 Å². The van der Waals surface area contributed by atoms with Crippen LogP contribution in [-0.2, 0) is 29.3 Å². The highest BCUT2D eigenvalue weighted by atomic mass is 16.5. The zero-order valence-electron chi connectivity index (χ0n) is 27.4. The molecule has 1 heterocycles. The molecule has 1 N–H and O–H groups in total. The summed E-state index contributed by atoms with van der Waals surface area (Å²) in [4.78, 5) is 38.0. The highest BCUT2D eigenvalue weighted by Gasteiger charge is 2.60. The molecule has 0 bridgehead atoms. The number of amides is 1. The highest BCUT2D eigenvalue weighted by molar-refractivity contribution is 5.91. The summed E-state index contributed by atoms with van der Waals surface area (Å²) in [6.45, 7) is 10.3.